The van der Waals surface area contributed by atoms with Gasteiger partial charge in [-0.25, -0.2) is 8.42 Å². The summed E-state index contributed by atoms with van der Waals surface area (Å²) in [5.41, 5.74) is 0.290. The van der Waals surface area contributed by atoms with Crippen molar-refractivity contribution in [3.05, 3.63) is 16.5 Å². The van der Waals surface area contributed by atoms with Gasteiger partial charge in [-0.2, -0.15) is 0 Å². The standard InChI is InChI=1S/C12H16ClNO4S2/c1-7-9(6-19-11(7)20(13,16)17)10(15)14-12(3)4-5-18-8(12)2/h6,8H,4-5H2,1-3H3,(H,14,15). The molecule has 2 heterocycles. The molecule has 20 heavy (non-hydrogen) atoms. The molecular weight excluding hydrogens is 322 g/mol. The first-order chi connectivity index (χ1) is 9.15. The number of halogens is 1. The third-order valence-electron chi connectivity index (χ3n) is 3.75. The SMILES string of the molecule is Cc1c(C(=O)NC2(C)CCOC2C)csc1S(=O)(=O)Cl. The average Bonchev–Trinajstić information content (AvgIpc) is 2.83. The van der Waals surface area contributed by atoms with Crippen LogP contribution in [0.2, 0.25) is 0 Å². The van der Waals surface area contributed by atoms with Gasteiger partial charge < -0.3 is 10.1 Å². The van der Waals surface area contributed by atoms with E-state index in [0.29, 0.717) is 17.7 Å². The molecule has 0 radical (unpaired) electrons. The zero-order valence-electron chi connectivity index (χ0n) is 11.4. The quantitative estimate of drug-likeness (QED) is 0.859. The number of thiophene rings is 1. The van der Waals surface area contributed by atoms with Crippen LogP contribution in [0.4, 0.5) is 0 Å². The number of nitrogens with one attached hydrogen (secondary N) is 1. The molecule has 1 aliphatic rings. The van der Waals surface area contributed by atoms with E-state index in [1.807, 2.05) is 13.8 Å². The Morgan fingerprint density at radius 1 is 1.60 bits per heavy atom. The van der Waals surface area contributed by atoms with E-state index in [2.05, 4.69) is 5.32 Å². The van der Waals surface area contributed by atoms with E-state index in [1.165, 1.54) is 5.38 Å². The molecular formula is C12H16ClNO4S2. The zero-order valence-corrected chi connectivity index (χ0v) is 13.8. The summed E-state index contributed by atoms with van der Waals surface area (Å²) in [6.45, 7) is 6.01. The summed E-state index contributed by atoms with van der Waals surface area (Å²) in [7, 11) is 1.52. The monoisotopic (exact) mass is 337 g/mol. The molecule has 1 saturated heterocycles. The van der Waals surface area contributed by atoms with E-state index < -0.39 is 14.6 Å². The van der Waals surface area contributed by atoms with Crippen molar-refractivity contribution in [3.63, 3.8) is 0 Å². The van der Waals surface area contributed by atoms with Crippen molar-refractivity contribution in [1.82, 2.24) is 5.32 Å². The largest absolute Gasteiger partial charge is 0.376 e. The van der Waals surface area contributed by atoms with Gasteiger partial charge in [-0.3, -0.25) is 4.79 Å². The minimum atomic E-state index is -3.81. The molecule has 1 amide bonds. The van der Waals surface area contributed by atoms with Crippen molar-refractivity contribution in [2.75, 3.05) is 6.61 Å². The van der Waals surface area contributed by atoms with Gasteiger partial charge in [-0.15, -0.1) is 11.3 Å². The molecule has 0 spiro atoms. The van der Waals surface area contributed by atoms with Crippen LogP contribution in [-0.4, -0.2) is 32.6 Å². The molecule has 112 valence electrons. The summed E-state index contributed by atoms with van der Waals surface area (Å²) < 4.78 is 28.2. The molecule has 0 bridgehead atoms. The first-order valence-electron chi connectivity index (χ1n) is 6.12. The van der Waals surface area contributed by atoms with Gasteiger partial charge in [-0.05, 0) is 32.8 Å². The minimum Gasteiger partial charge on any atom is -0.376 e. The smallest absolute Gasteiger partial charge is 0.271 e. The van der Waals surface area contributed by atoms with Gasteiger partial charge in [0.05, 0.1) is 17.2 Å². The molecule has 2 unspecified atom stereocenters. The second kappa shape index (κ2) is 5.29. The maximum atomic E-state index is 12.3. The average molecular weight is 338 g/mol. The summed E-state index contributed by atoms with van der Waals surface area (Å²) in [6.07, 6.45) is 0.644. The Kier molecular flexibility index (Phi) is 4.17. The Morgan fingerprint density at radius 3 is 2.70 bits per heavy atom. The van der Waals surface area contributed by atoms with Gasteiger partial charge in [0.1, 0.15) is 4.21 Å². The molecule has 2 rings (SSSR count). The highest BCUT2D eigenvalue weighted by molar-refractivity contribution is 8.15. The highest BCUT2D eigenvalue weighted by Crippen LogP contribution is 2.31. The number of hydrogen-bond acceptors (Lipinski definition) is 5. The molecule has 0 saturated carbocycles. The highest BCUT2D eigenvalue weighted by Gasteiger charge is 2.39. The Bertz CT molecular complexity index is 640. The van der Waals surface area contributed by atoms with Crippen LogP contribution < -0.4 is 5.32 Å². The van der Waals surface area contributed by atoms with E-state index in [-0.39, 0.29) is 16.2 Å². The highest BCUT2D eigenvalue weighted by atomic mass is 35.7. The van der Waals surface area contributed by atoms with Crippen LogP contribution in [0.3, 0.4) is 0 Å². The molecule has 8 heteroatoms. The van der Waals surface area contributed by atoms with E-state index in [0.717, 1.165) is 17.8 Å². The van der Waals surface area contributed by atoms with Crippen LogP contribution in [0.5, 0.6) is 0 Å². The van der Waals surface area contributed by atoms with Crippen molar-refractivity contribution >= 4 is 37.0 Å². The number of carbonyl (C=O) groups excluding carboxylic acids is 1. The van der Waals surface area contributed by atoms with Crippen molar-refractivity contribution < 1.29 is 17.9 Å². The molecule has 2 atom stereocenters. The normalized spacial score (nSPS) is 26.7. The second-order valence-corrected chi connectivity index (χ2v) is 8.78. The Morgan fingerprint density at radius 2 is 2.25 bits per heavy atom. The number of ether oxygens (including phenoxy) is 1. The van der Waals surface area contributed by atoms with E-state index in [4.69, 9.17) is 15.4 Å². The number of hydrogen-bond donors (Lipinski definition) is 1. The fraction of sp³-hybridized carbons (Fsp3) is 0.583. The Labute approximate surface area is 126 Å². The van der Waals surface area contributed by atoms with Crippen molar-refractivity contribution in [1.29, 1.82) is 0 Å². The van der Waals surface area contributed by atoms with Gasteiger partial charge in [0, 0.05) is 22.7 Å². The van der Waals surface area contributed by atoms with Crippen molar-refractivity contribution in [3.8, 4) is 0 Å². The van der Waals surface area contributed by atoms with Crippen LogP contribution >= 0.6 is 22.0 Å². The van der Waals surface area contributed by atoms with Crippen LogP contribution in [0.1, 0.15) is 36.2 Å². The van der Waals surface area contributed by atoms with E-state index in [1.54, 1.807) is 6.92 Å². The number of amides is 1. The van der Waals surface area contributed by atoms with Gasteiger partial charge in [0.15, 0.2) is 0 Å². The van der Waals surface area contributed by atoms with Crippen LogP contribution in [0.25, 0.3) is 0 Å². The van der Waals surface area contributed by atoms with Crippen LogP contribution in [0, 0.1) is 6.92 Å². The number of rotatable bonds is 3. The molecule has 1 aromatic heterocycles. The molecule has 0 aliphatic carbocycles. The fourth-order valence-electron chi connectivity index (χ4n) is 2.19. The van der Waals surface area contributed by atoms with E-state index in [9.17, 15) is 13.2 Å². The predicted octanol–water partition coefficient (Wildman–Crippen LogP) is 2.28. The lowest BCUT2D eigenvalue weighted by Gasteiger charge is -2.28. The van der Waals surface area contributed by atoms with Crippen molar-refractivity contribution in [2.24, 2.45) is 0 Å². The molecule has 5 nitrogen and oxygen atoms in total. The number of carbonyl (C=O) groups is 1. The third kappa shape index (κ3) is 2.86. The van der Waals surface area contributed by atoms with Gasteiger partial charge >= 0.3 is 0 Å². The molecule has 1 aromatic rings. The molecule has 0 aromatic carbocycles. The Hall–Kier alpha value is -0.630. The van der Waals surface area contributed by atoms with Gasteiger partial charge in [0.25, 0.3) is 15.0 Å². The van der Waals surface area contributed by atoms with E-state index >= 15 is 0 Å². The molecule has 1 N–H and O–H groups in total. The predicted molar refractivity (Wildman–Crippen MR) is 78.0 cm³/mol. The van der Waals surface area contributed by atoms with Gasteiger partial charge in [0.2, 0.25) is 0 Å². The second-order valence-electron chi connectivity index (χ2n) is 5.13. The lowest BCUT2D eigenvalue weighted by molar-refractivity contribution is 0.0727. The van der Waals surface area contributed by atoms with Crippen LogP contribution in [-0.2, 0) is 13.8 Å². The maximum absolute atomic E-state index is 12.3. The maximum Gasteiger partial charge on any atom is 0.271 e. The fourth-order valence-corrected chi connectivity index (χ4v) is 4.74. The first kappa shape index (κ1) is 15.8. The Balaban J connectivity index is 2.25. The van der Waals surface area contributed by atoms with Crippen LogP contribution in [0.15, 0.2) is 9.59 Å². The zero-order chi connectivity index (χ0) is 15.1. The van der Waals surface area contributed by atoms with Gasteiger partial charge in [-0.1, -0.05) is 0 Å². The lowest BCUT2D eigenvalue weighted by atomic mass is 9.94. The summed E-state index contributed by atoms with van der Waals surface area (Å²) in [6, 6.07) is 0. The third-order valence-corrected chi connectivity index (χ3v) is 7.05. The minimum absolute atomic E-state index is 0.0187. The topological polar surface area (TPSA) is 72.5 Å². The van der Waals surface area contributed by atoms with Crippen molar-refractivity contribution in [2.45, 2.75) is 43.0 Å². The summed E-state index contributed by atoms with van der Waals surface area (Å²) in [4.78, 5) is 12.3. The summed E-state index contributed by atoms with van der Waals surface area (Å²) in [5.74, 6) is -0.301. The molecule has 1 fully saturated rings. The lowest BCUT2D eigenvalue weighted by Crippen LogP contribution is -2.50. The summed E-state index contributed by atoms with van der Waals surface area (Å²) in [5, 5.41) is 4.45. The molecule has 1 aliphatic heterocycles. The first-order valence-corrected chi connectivity index (χ1v) is 9.31. The summed E-state index contributed by atoms with van der Waals surface area (Å²) >= 11 is 0.957.